The van der Waals surface area contributed by atoms with Crippen molar-refractivity contribution >= 4 is 11.7 Å². The highest BCUT2D eigenvalue weighted by Crippen LogP contribution is 2.12. The normalized spacial score (nSPS) is 10.1. The van der Waals surface area contributed by atoms with E-state index in [0.717, 1.165) is 6.42 Å². The van der Waals surface area contributed by atoms with Gasteiger partial charge in [-0.2, -0.15) is 0 Å². The molecule has 1 aromatic rings. The monoisotopic (exact) mass is 265 g/mol. The van der Waals surface area contributed by atoms with Gasteiger partial charge in [0.2, 0.25) is 0 Å². The van der Waals surface area contributed by atoms with Crippen molar-refractivity contribution in [2.75, 3.05) is 38.7 Å². The van der Waals surface area contributed by atoms with Crippen molar-refractivity contribution in [3.63, 3.8) is 0 Å². The Bertz CT molecular complexity index is 377. The summed E-state index contributed by atoms with van der Waals surface area (Å²) in [6.45, 7) is 1.20. The van der Waals surface area contributed by atoms with Gasteiger partial charge in [-0.3, -0.25) is 0 Å². The molecule has 19 heavy (non-hydrogen) atoms. The number of hydrogen-bond donors (Lipinski definition) is 3. The minimum Gasteiger partial charge on any atom is -0.396 e. The largest absolute Gasteiger partial charge is 0.396 e. The molecule has 2 amide bonds. The predicted molar refractivity (Wildman–Crippen MR) is 77.6 cm³/mol. The van der Waals surface area contributed by atoms with E-state index < -0.39 is 0 Å². The van der Waals surface area contributed by atoms with Crippen molar-refractivity contribution in [2.24, 2.45) is 0 Å². The molecule has 0 spiro atoms. The van der Waals surface area contributed by atoms with Crippen LogP contribution in [0.4, 0.5) is 10.5 Å². The molecule has 0 fully saturated rings. The third kappa shape index (κ3) is 6.10. The van der Waals surface area contributed by atoms with Crippen molar-refractivity contribution in [3.8, 4) is 0 Å². The Morgan fingerprint density at radius 3 is 2.37 bits per heavy atom. The van der Waals surface area contributed by atoms with E-state index in [-0.39, 0.29) is 12.6 Å². The van der Waals surface area contributed by atoms with Crippen molar-refractivity contribution in [1.82, 2.24) is 10.6 Å². The van der Waals surface area contributed by atoms with Crippen molar-refractivity contribution < 1.29 is 9.90 Å². The van der Waals surface area contributed by atoms with Gasteiger partial charge in [-0.1, -0.05) is 12.1 Å². The average molecular weight is 265 g/mol. The number of amides is 2. The lowest BCUT2D eigenvalue weighted by molar-refractivity contribution is 0.238. The summed E-state index contributed by atoms with van der Waals surface area (Å²) in [4.78, 5) is 13.4. The van der Waals surface area contributed by atoms with Crippen molar-refractivity contribution in [2.45, 2.75) is 12.8 Å². The molecule has 0 saturated carbocycles. The maximum Gasteiger partial charge on any atom is 0.314 e. The number of nitrogens with zero attached hydrogens (tertiary/aromatic N) is 1. The van der Waals surface area contributed by atoms with Gasteiger partial charge in [-0.15, -0.1) is 0 Å². The number of aliphatic hydroxyl groups is 1. The zero-order valence-electron chi connectivity index (χ0n) is 11.6. The number of nitrogens with one attached hydrogen (secondary N) is 2. The predicted octanol–water partition coefficient (Wildman–Crippen LogP) is 0.977. The average Bonchev–Trinajstić information content (AvgIpc) is 2.39. The van der Waals surface area contributed by atoms with Gasteiger partial charge in [0.25, 0.3) is 0 Å². The third-order valence-corrected chi connectivity index (χ3v) is 2.77. The second-order valence-electron chi connectivity index (χ2n) is 4.57. The van der Waals surface area contributed by atoms with Gasteiger partial charge in [-0.25, -0.2) is 4.79 Å². The molecule has 5 nitrogen and oxygen atoms in total. The molecule has 0 heterocycles. The van der Waals surface area contributed by atoms with Crippen LogP contribution in [0.15, 0.2) is 24.3 Å². The lowest BCUT2D eigenvalue weighted by Gasteiger charge is -2.12. The van der Waals surface area contributed by atoms with Crippen LogP contribution in [0, 0.1) is 0 Å². The Morgan fingerprint density at radius 1 is 1.16 bits per heavy atom. The molecule has 0 radical (unpaired) electrons. The summed E-state index contributed by atoms with van der Waals surface area (Å²) in [5, 5.41) is 14.1. The Kier molecular flexibility index (Phi) is 6.74. The minimum atomic E-state index is -0.182. The Labute approximate surface area is 114 Å². The molecule has 0 bridgehead atoms. The third-order valence-electron chi connectivity index (χ3n) is 2.77. The second kappa shape index (κ2) is 8.37. The lowest BCUT2D eigenvalue weighted by Crippen LogP contribution is -2.37. The summed E-state index contributed by atoms with van der Waals surface area (Å²) in [5.41, 5.74) is 2.36. The van der Waals surface area contributed by atoms with Crippen LogP contribution < -0.4 is 15.5 Å². The SMILES string of the molecule is CN(C)c1ccc(CCNC(=O)NCCCO)cc1. The Hall–Kier alpha value is -1.75. The number of benzene rings is 1. The van der Waals surface area contributed by atoms with Crippen LogP contribution >= 0.6 is 0 Å². The van der Waals surface area contributed by atoms with Gasteiger partial charge in [0.05, 0.1) is 0 Å². The van der Waals surface area contributed by atoms with Crippen LogP contribution in [-0.4, -0.2) is 44.9 Å². The standard InChI is InChI=1S/C14H23N3O2/c1-17(2)13-6-4-12(5-7-13)8-10-16-14(19)15-9-3-11-18/h4-7,18H,3,8-11H2,1-2H3,(H2,15,16,19). The van der Waals surface area contributed by atoms with E-state index in [1.54, 1.807) is 0 Å². The van der Waals surface area contributed by atoms with Gasteiger partial charge in [0.15, 0.2) is 0 Å². The first kappa shape index (κ1) is 15.3. The quantitative estimate of drug-likeness (QED) is 0.644. The molecular formula is C14H23N3O2. The molecule has 0 aromatic heterocycles. The van der Waals surface area contributed by atoms with Crippen LogP contribution in [-0.2, 0) is 6.42 Å². The molecule has 5 heteroatoms. The highest BCUT2D eigenvalue weighted by atomic mass is 16.3. The fraction of sp³-hybridized carbons (Fsp3) is 0.500. The molecule has 0 atom stereocenters. The second-order valence-corrected chi connectivity index (χ2v) is 4.57. The number of carbonyl (C=O) groups is 1. The number of rotatable bonds is 7. The van der Waals surface area contributed by atoms with E-state index in [1.165, 1.54) is 11.3 Å². The van der Waals surface area contributed by atoms with Crippen LogP contribution in [0.1, 0.15) is 12.0 Å². The van der Waals surface area contributed by atoms with Gasteiger partial charge < -0.3 is 20.6 Å². The number of anilines is 1. The fourth-order valence-electron chi connectivity index (χ4n) is 1.62. The number of hydrogen-bond acceptors (Lipinski definition) is 3. The van der Waals surface area contributed by atoms with Crippen LogP contribution in [0.3, 0.4) is 0 Å². The highest BCUT2D eigenvalue weighted by molar-refractivity contribution is 5.73. The van der Waals surface area contributed by atoms with Crippen molar-refractivity contribution in [3.05, 3.63) is 29.8 Å². The van der Waals surface area contributed by atoms with E-state index >= 15 is 0 Å². The summed E-state index contributed by atoms with van der Waals surface area (Å²) in [5.74, 6) is 0. The minimum absolute atomic E-state index is 0.0957. The number of aliphatic hydroxyl groups excluding tert-OH is 1. The van der Waals surface area contributed by atoms with E-state index in [2.05, 4.69) is 39.8 Å². The van der Waals surface area contributed by atoms with Crippen molar-refractivity contribution in [1.29, 1.82) is 0 Å². The van der Waals surface area contributed by atoms with Gasteiger partial charge in [0.1, 0.15) is 0 Å². The molecule has 1 aromatic carbocycles. The van der Waals surface area contributed by atoms with Crippen LogP contribution in [0.2, 0.25) is 0 Å². The first-order valence-electron chi connectivity index (χ1n) is 6.52. The summed E-state index contributed by atoms with van der Waals surface area (Å²) in [7, 11) is 4.01. The van der Waals surface area contributed by atoms with Crippen LogP contribution in [0.25, 0.3) is 0 Å². The molecule has 0 aliphatic rings. The summed E-state index contributed by atoms with van der Waals surface area (Å²) < 4.78 is 0. The van der Waals surface area contributed by atoms with E-state index in [0.29, 0.717) is 19.5 Å². The van der Waals surface area contributed by atoms with E-state index in [4.69, 9.17) is 5.11 Å². The van der Waals surface area contributed by atoms with E-state index in [9.17, 15) is 4.79 Å². The van der Waals surface area contributed by atoms with Gasteiger partial charge in [-0.05, 0) is 30.5 Å². The summed E-state index contributed by atoms with van der Waals surface area (Å²) in [6.07, 6.45) is 1.39. The Balaban J connectivity index is 2.23. The molecule has 0 saturated heterocycles. The van der Waals surface area contributed by atoms with Gasteiger partial charge in [0, 0.05) is 39.5 Å². The smallest absolute Gasteiger partial charge is 0.314 e. The van der Waals surface area contributed by atoms with Crippen LogP contribution in [0.5, 0.6) is 0 Å². The maximum atomic E-state index is 11.3. The highest BCUT2D eigenvalue weighted by Gasteiger charge is 2.00. The zero-order valence-corrected chi connectivity index (χ0v) is 11.6. The molecule has 0 aliphatic carbocycles. The molecule has 1 rings (SSSR count). The fourth-order valence-corrected chi connectivity index (χ4v) is 1.62. The van der Waals surface area contributed by atoms with E-state index in [1.807, 2.05) is 14.1 Å². The first-order valence-corrected chi connectivity index (χ1v) is 6.52. The molecular weight excluding hydrogens is 242 g/mol. The van der Waals surface area contributed by atoms with Gasteiger partial charge >= 0.3 is 6.03 Å². The summed E-state index contributed by atoms with van der Waals surface area (Å²) in [6, 6.07) is 8.09. The topological polar surface area (TPSA) is 64.6 Å². The Morgan fingerprint density at radius 2 is 1.79 bits per heavy atom. The maximum absolute atomic E-state index is 11.3. The summed E-state index contributed by atoms with van der Waals surface area (Å²) >= 11 is 0. The number of urea groups is 1. The number of carbonyl (C=O) groups excluding carboxylic acids is 1. The molecule has 3 N–H and O–H groups in total. The first-order chi connectivity index (χ1) is 9.13. The molecule has 0 unspecified atom stereocenters. The zero-order chi connectivity index (χ0) is 14.1. The lowest BCUT2D eigenvalue weighted by atomic mass is 10.1. The molecule has 0 aliphatic heterocycles. The molecule has 106 valence electrons.